The number of rotatable bonds is 6. The summed E-state index contributed by atoms with van der Waals surface area (Å²) in [5, 5.41) is 5.87. The smallest absolute Gasteiger partial charge is 0.231 e. The summed E-state index contributed by atoms with van der Waals surface area (Å²) in [6.07, 6.45) is 2.58. The van der Waals surface area contributed by atoms with Crippen LogP contribution in [0.15, 0.2) is 47.8 Å². The zero-order chi connectivity index (χ0) is 21.9. The number of thiazole rings is 1. The molecule has 166 valence electrons. The zero-order valence-corrected chi connectivity index (χ0v) is 19.0. The number of nitrogens with one attached hydrogen (secondary N) is 1. The van der Waals surface area contributed by atoms with Crippen molar-refractivity contribution in [2.24, 2.45) is 0 Å². The van der Waals surface area contributed by atoms with Crippen LogP contribution in [-0.2, 0) is 17.8 Å². The Morgan fingerprint density at radius 2 is 1.97 bits per heavy atom. The number of likely N-dealkylation sites (tertiary alicyclic amines) is 1. The van der Waals surface area contributed by atoms with Gasteiger partial charge in [0.1, 0.15) is 18.2 Å². The Morgan fingerprint density at radius 1 is 1.16 bits per heavy atom. The van der Waals surface area contributed by atoms with E-state index in [-0.39, 0.29) is 5.91 Å². The summed E-state index contributed by atoms with van der Waals surface area (Å²) in [5.74, 6) is 1.64. The van der Waals surface area contributed by atoms with Crippen molar-refractivity contribution in [3.05, 3.63) is 69.7 Å². The van der Waals surface area contributed by atoms with Crippen molar-refractivity contribution in [2.45, 2.75) is 38.8 Å². The third kappa shape index (κ3) is 4.79. The number of aromatic nitrogens is 1. The van der Waals surface area contributed by atoms with Crippen LogP contribution in [0.1, 0.15) is 40.7 Å². The van der Waals surface area contributed by atoms with Crippen LogP contribution in [0.5, 0.6) is 11.5 Å². The van der Waals surface area contributed by atoms with E-state index in [0.717, 1.165) is 53.8 Å². The average Bonchev–Trinajstić information content (AvgIpc) is 3.44. The SMILES string of the molecule is Cc1ccc(NC(=O)Cc2nc(CN3CCCC3c3ccc4c(c3)OCCO4)cs2)cc1. The molecule has 2 aliphatic heterocycles. The van der Waals surface area contributed by atoms with Crippen LogP contribution in [0.2, 0.25) is 0 Å². The number of carbonyl (C=O) groups is 1. The number of hydrogen-bond acceptors (Lipinski definition) is 6. The Labute approximate surface area is 192 Å². The highest BCUT2D eigenvalue weighted by Gasteiger charge is 2.28. The minimum atomic E-state index is -0.0370. The highest BCUT2D eigenvalue weighted by Crippen LogP contribution is 2.38. The molecule has 0 radical (unpaired) electrons. The summed E-state index contributed by atoms with van der Waals surface area (Å²) in [7, 11) is 0. The summed E-state index contributed by atoms with van der Waals surface area (Å²) in [6.45, 7) is 5.07. The number of amides is 1. The van der Waals surface area contributed by atoms with Crippen molar-refractivity contribution >= 4 is 22.9 Å². The van der Waals surface area contributed by atoms with Crippen molar-refractivity contribution in [1.29, 1.82) is 0 Å². The van der Waals surface area contributed by atoms with E-state index in [1.165, 1.54) is 11.1 Å². The standard InChI is InChI=1S/C25H27N3O3S/c1-17-4-7-19(8-5-17)26-24(29)14-25-27-20(16-32-25)15-28-10-2-3-21(28)18-6-9-22-23(13-18)31-12-11-30-22/h4-9,13,16,21H,2-3,10-12,14-15H2,1H3,(H,26,29). The van der Waals surface area contributed by atoms with Gasteiger partial charge in [0.15, 0.2) is 11.5 Å². The second-order valence-corrected chi connectivity index (χ2v) is 9.30. The fourth-order valence-electron chi connectivity index (χ4n) is 4.35. The maximum Gasteiger partial charge on any atom is 0.231 e. The lowest BCUT2D eigenvalue weighted by atomic mass is 10.0. The molecule has 6 nitrogen and oxygen atoms in total. The van der Waals surface area contributed by atoms with E-state index in [1.54, 1.807) is 11.3 Å². The number of nitrogens with zero attached hydrogens (tertiary/aromatic N) is 2. The highest BCUT2D eigenvalue weighted by atomic mass is 32.1. The Balaban J connectivity index is 1.21. The Hall–Kier alpha value is -2.90. The zero-order valence-electron chi connectivity index (χ0n) is 18.2. The summed E-state index contributed by atoms with van der Waals surface area (Å²) >= 11 is 1.55. The van der Waals surface area contributed by atoms with Gasteiger partial charge in [-0.3, -0.25) is 9.69 Å². The van der Waals surface area contributed by atoms with E-state index >= 15 is 0 Å². The number of carbonyl (C=O) groups excluding carboxylic acids is 1. The summed E-state index contributed by atoms with van der Waals surface area (Å²) < 4.78 is 11.4. The van der Waals surface area contributed by atoms with Gasteiger partial charge >= 0.3 is 0 Å². The van der Waals surface area contributed by atoms with Crippen molar-refractivity contribution in [2.75, 3.05) is 25.1 Å². The normalized spacial score (nSPS) is 18.0. The fourth-order valence-corrected chi connectivity index (χ4v) is 5.13. The van der Waals surface area contributed by atoms with Crippen LogP contribution in [0, 0.1) is 6.92 Å². The van der Waals surface area contributed by atoms with Gasteiger partial charge in [0.05, 0.1) is 12.1 Å². The largest absolute Gasteiger partial charge is 0.486 e. The molecule has 1 saturated heterocycles. The van der Waals surface area contributed by atoms with Crippen LogP contribution in [0.3, 0.4) is 0 Å². The molecule has 0 spiro atoms. The van der Waals surface area contributed by atoms with Gasteiger partial charge in [-0.05, 0) is 56.1 Å². The summed E-state index contributed by atoms with van der Waals surface area (Å²) in [5.41, 5.74) is 4.28. The molecule has 2 aliphatic rings. The fraction of sp³-hybridized carbons (Fsp3) is 0.360. The molecule has 32 heavy (non-hydrogen) atoms. The molecule has 0 bridgehead atoms. The third-order valence-electron chi connectivity index (χ3n) is 5.93. The molecule has 1 amide bonds. The van der Waals surface area contributed by atoms with Gasteiger partial charge in [0.2, 0.25) is 5.91 Å². The summed E-state index contributed by atoms with van der Waals surface area (Å²) in [6, 6.07) is 14.5. The topological polar surface area (TPSA) is 63.7 Å². The molecule has 0 aliphatic carbocycles. The van der Waals surface area contributed by atoms with Crippen LogP contribution >= 0.6 is 11.3 Å². The third-order valence-corrected chi connectivity index (χ3v) is 6.82. The average molecular weight is 450 g/mol. The molecule has 1 atom stereocenters. The lowest BCUT2D eigenvalue weighted by Gasteiger charge is -2.26. The minimum absolute atomic E-state index is 0.0370. The van der Waals surface area contributed by atoms with Crippen molar-refractivity contribution in [3.63, 3.8) is 0 Å². The van der Waals surface area contributed by atoms with E-state index in [4.69, 9.17) is 14.5 Å². The molecular weight excluding hydrogens is 422 g/mol. The lowest BCUT2D eigenvalue weighted by Crippen LogP contribution is -2.23. The number of aryl methyl sites for hydroxylation is 1. The van der Waals surface area contributed by atoms with Gasteiger partial charge in [0, 0.05) is 23.7 Å². The first-order chi connectivity index (χ1) is 15.6. The van der Waals surface area contributed by atoms with Gasteiger partial charge in [0.25, 0.3) is 0 Å². The lowest BCUT2D eigenvalue weighted by molar-refractivity contribution is -0.115. The Morgan fingerprint density at radius 3 is 2.81 bits per heavy atom. The molecule has 3 aromatic rings. The molecule has 3 heterocycles. The molecule has 1 aromatic heterocycles. The predicted octanol–water partition coefficient (Wildman–Crippen LogP) is 4.74. The van der Waals surface area contributed by atoms with Crippen LogP contribution in [0.25, 0.3) is 0 Å². The van der Waals surface area contributed by atoms with Gasteiger partial charge < -0.3 is 14.8 Å². The van der Waals surface area contributed by atoms with E-state index in [9.17, 15) is 4.79 Å². The van der Waals surface area contributed by atoms with E-state index in [1.807, 2.05) is 37.3 Å². The molecule has 1 fully saturated rings. The van der Waals surface area contributed by atoms with Crippen molar-refractivity contribution in [3.8, 4) is 11.5 Å². The molecule has 5 rings (SSSR count). The van der Waals surface area contributed by atoms with Gasteiger partial charge in [-0.1, -0.05) is 23.8 Å². The molecule has 0 saturated carbocycles. The van der Waals surface area contributed by atoms with Crippen LogP contribution in [-0.4, -0.2) is 35.5 Å². The second-order valence-electron chi connectivity index (χ2n) is 8.36. The first-order valence-electron chi connectivity index (χ1n) is 11.1. The molecule has 1 N–H and O–H groups in total. The maximum atomic E-state index is 12.4. The summed E-state index contributed by atoms with van der Waals surface area (Å²) in [4.78, 5) is 19.6. The Kier molecular flexibility index (Phi) is 6.10. The first kappa shape index (κ1) is 21.0. The first-order valence-corrected chi connectivity index (χ1v) is 12.0. The van der Waals surface area contributed by atoms with Crippen molar-refractivity contribution in [1.82, 2.24) is 9.88 Å². The highest BCUT2D eigenvalue weighted by molar-refractivity contribution is 7.09. The van der Waals surface area contributed by atoms with Crippen molar-refractivity contribution < 1.29 is 14.3 Å². The van der Waals surface area contributed by atoms with E-state index in [2.05, 4.69) is 27.7 Å². The molecule has 2 aromatic carbocycles. The van der Waals surface area contributed by atoms with Gasteiger partial charge in [-0.15, -0.1) is 11.3 Å². The minimum Gasteiger partial charge on any atom is -0.486 e. The number of benzene rings is 2. The van der Waals surface area contributed by atoms with Crippen LogP contribution < -0.4 is 14.8 Å². The monoisotopic (exact) mass is 449 g/mol. The molecule has 1 unspecified atom stereocenters. The maximum absolute atomic E-state index is 12.4. The second kappa shape index (κ2) is 9.30. The number of fused-ring (bicyclic) bond motifs is 1. The predicted molar refractivity (Wildman–Crippen MR) is 125 cm³/mol. The van der Waals surface area contributed by atoms with E-state index < -0.39 is 0 Å². The van der Waals surface area contributed by atoms with Crippen LogP contribution in [0.4, 0.5) is 5.69 Å². The number of hydrogen-bond donors (Lipinski definition) is 1. The number of ether oxygens (including phenoxy) is 2. The Bertz CT molecular complexity index is 1100. The van der Waals surface area contributed by atoms with Gasteiger partial charge in [-0.2, -0.15) is 0 Å². The van der Waals surface area contributed by atoms with Gasteiger partial charge in [-0.25, -0.2) is 4.98 Å². The molecular formula is C25H27N3O3S. The van der Waals surface area contributed by atoms with E-state index in [0.29, 0.717) is 25.7 Å². The number of anilines is 1. The molecule has 7 heteroatoms. The quantitative estimate of drug-likeness (QED) is 0.589.